The van der Waals surface area contributed by atoms with Crippen LogP contribution in [-0.2, 0) is 13.6 Å². The first kappa shape index (κ1) is 21.2. The van der Waals surface area contributed by atoms with Crippen molar-refractivity contribution in [2.45, 2.75) is 13.0 Å². The van der Waals surface area contributed by atoms with E-state index in [2.05, 4.69) is 20.7 Å². The van der Waals surface area contributed by atoms with Crippen LogP contribution >= 0.6 is 24.0 Å². The van der Waals surface area contributed by atoms with E-state index in [9.17, 15) is 4.39 Å². The fraction of sp³-hybridized carbons (Fsp3) is 0.412. The van der Waals surface area contributed by atoms with Crippen molar-refractivity contribution in [3.8, 4) is 0 Å². The molecule has 138 valence electrons. The first-order valence-electron chi connectivity index (χ1n) is 7.98. The average Bonchev–Trinajstić information content (AvgIpc) is 2.99. The number of aryl methyl sites for hydroxylation is 1. The third-order valence-electron chi connectivity index (χ3n) is 3.79. The summed E-state index contributed by atoms with van der Waals surface area (Å²) in [5, 5.41) is 10.7. The van der Waals surface area contributed by atoms with Gasteiger partial charge < -0.3 is 15.5 Å². The molecule has 8 heteroatoms. The van der Waals surface area contributed by atoms with Crippen LogP contribution in [0.4, 0.5) is 10.1 Å². The molecule has 2 aromatic rings. The van der Waals surface area contributed by atoms with E-state index in [0.29, 0.717) is 6.54 Å². The number of benzene rings is 1. The summed E-state index contributed by atoms with van der Waals surface area (Å²) in [5.41, 5.74) is 1.97. The summed E-state index contributed by atoms with van der Waals surface area (Å²) in [5.74, 6) is 0.543. The molecular formula is C17H26FIN6. The van der Waals surface area contributed by atoms with E-state index in [1.807, 2.05) is 35.8 Å². The Morgan fingerprint density at radius 1 is 1.32 bits per heavy atom. The minimum absolute atomic E-state index is 0. The third-order valence-corrected chi connectivity index (χ3v) is 3.79. The Morgan fingerprint density at radius 3 is 2.76 bits per heavy atom. The molecule has 0 fully saturated rings. The molecule has 0 bridgehead atoms. The summed E-state index contributed by atoms with van der Waals surface area (Å²) in [6.45, 7) is 2.28. The van der Waals surface area contributed by atoms with Crippen LogP contribution < -0.4 is 15.5 Å². The predicted molar refractivity (Wildman–Crippen MR) is 111 cm³/mol. The standard InChI is InChI=1S/C17H25FN6.HI/c1-19-17(21-13-16-8-10-22-24(16)3)20-9-5-11-23(2)15-7-4-6-14(18)12-15;/h4,6-8,10,12H,5,9,11,13H2,1-3H3,(H2,19,20,21);1H. The number of nitrogens with zero attached hydrogens (tertiary/aromatic N) is 4. The van der Waals surface area contributed by atoms with Gasteiger partial charge in [0, 0.05) is 46.1 Å². The molecule has 0 atom stereocenters. The van der Waals surface area contributed by atoms with Crippen LogP contribution in [0.3, 0.4) is 0 Å². The lowest BCUT2D eigenvalue weighted by atomic mass is 10.2. The molecule has 25 heavy (non-hydrogen) atoms. The molecule has 6 nitrogen and oxygen atoms in total. The second kappa shape index (κ2) is 10.9. The third kappa shape index (κ3) is 6.89. The van der Waals surface area contributed by atoms with Crippen molar-refractivity contribution in [2.24, 2.45) is 12.0 Å². The molecule has 1 heterocycles. The Bertz CT molecular complexity index is 673. The Hall–Kier alpha value is -1.84. The van der Waals surface area contributed by atoms with Crippen molar-refractivity contribution in [1.82, 2.24) is 20.4 Å². The van der Waals surface area contributed by atoms with Crippen LogP contribution in [0.1, 0.15) is 12.1 Å². The molecule has 1 aromatic heterocycles. The van der Waals surface area contributed by atoms with Gasteiger partial charge in [-0.25, -0.2) is 4.39 Å². The summed E-state index contributed by atoms with van der Waals surface area (Å²) in [6, 6.07) is 8.60. The van der Waals surface area contributed by atoms with Crippen molar-refractivity contribution in [1.29, 1.82) is 0 Å². The van der Waals surface area contributed by atoms with E-state index in [1.54, 1.807) is 25.4 Å². The summed E-state index contributed by atoms with van der Waals surface area (Å²) < 4.78 is 15.1. The molecule has 0 aliphatic heterocycles. The molecule has 2 N–H and O–H groups in total. The number of aliphatic imine (C=N–C) groups is 1. The average molecular weight is 460 g/mol. The van der Waals surface area contributed by atoms with Gasteiger partial charge in [0.15, 0.2) is 5.96 Å². The lowest BCUT2D eigenvalue weighted by Crippen LogP contribution is -2.38. The zero-order valence-electron chi connectivity index (χ0n) is 14.9. The Kier molecular flexibility index (Phi) is 9.25. The normalized spacial score (nSPS) is 11.0. The summed E-state index contributed by atoms with van der Waals surface area (Å²) in [6.07, 6.45) is 2.69. The molecular weight excluding hydrogens is 434 g/mol. The van der Waals surface area contributed by atoms with Gasteiger partial charge in [-0.15, -0.1) is 24.0 Å². The summed E-state index contributed by atoms with van der Waals surface area (Å²) >= 11 is 0. The van der Waals surface area contributed by atoms with Crippen LogP contribution in [0, 0.1) is 5.82 Å². The second-order valence-corrected chi connectivity index (χ2v) is 5.55. The number of anilines is 1. The van der Waals surface area contributed by atoms with Crippen molar-refractivity contribution in [3.63, 3.8) is 0 Å². The monoisotopic (exact) mass is 460 g/mol. The Labute approximate surface area is 165 Å². The summed E-state index contributed by atoms with van der Waals surface area (Å²) in [7, 11) is 5.62. The SMILES string of the molecule is CN=C(NCCCN(C)c1cccc(F)c1)NCc1ccnn1C.I. The highest BCUT2D eigenvalue weighted by Crippen LogP contribution is 2.13. The summed E-state index contributed by atoms with van der Waals surface area (Å²) in [4.78, 5) is 6.24. The largest absolute Gasteiger partial charge is 0.374 e. The maximum atomic E-state index is 13.2. The number of aromatic nitrogens is 2. The molecule has 0 aliphatic rings. The Morgan fingerprint density at radius 2 is 2.12 bits per heavy atom. The van der Waals surface area contributed by atoms with E-state index in [1.165, 1.54) is 6.07 Å². The zero-order chi connectivity index (χ0) is 17.4. The van der Waals surface area contributed by atoms with Gasteiger partial charge in [0.1, 0.15) is 5.82 Å². The van der Waals surface area contributed by atoms with E-state index < -0.39 is 0 Å². The van der Waals surface area contributed by atoms with Gasteiger partial charge in [0.05, 0.1) is 12.2 Å². The zero-order valence-corrected chi connectivity index (χ0v) is 17.2. The Balaban J connectivity index is 0.00000312. The first-order valence-corrected chi connectivity index (χ1v) is 7.98. The molecule has 0 saturated heterocycles. The lowest BCUT2D eigenvalue weighted by molar-refractivity contribution is 0.626. The van der Waals surface area contributed by atoms with Gasteiger partial charge >= 0.3 is 0 Å². The number of hydrogen-bond donors (Lipinski definition) is 2. The number of hydrogen-bond acceptors (Lipinski definition) is 3. The number of guanidine groups is 1. The van der Waals surface area contributed by atoms with Crippen molar-refractivity contribution in [2.75, 3.05) is 32.1 Å². The van der Waals surface area contributed by atoms with Crippen LogP contribution in [0.5, 0.6) is 0 Å². The van der Waals surface area contributed by atoms with Crippen molar-refractivity contribution < 1.29 is 4.39 Å². The molecule has 0 unspecified atom stereocenters. The van der Waals surface area contributed by atoms with Crippen molar-refractivity contribution in [3.05, 3.63) is 48.0 Å². The van der Waals surface area contributed by atoms with Gasteiger partial charge in [0.25, 0.3) is 0 Å². The topological polar surface area (TPSA) is 57.5 Å². The van der Waals surface area contributed by atoms with Crippen LogP contribution in [0.25, 0.3) is 0 Å². The molecule has 0 amide bonds. The molecule has 0 saturated carbocycles. The van der Waals surface area contributed by atoms with Gasteiger partial charge in [-0.05, 0) is 30.7 Å². The van der Waals surface area contributed by atoms with Gasteiger partial charge in [-0.2, -0.15) is 5.10 Å². The number of halogens is 2. The lowest BCUT2D eigenvalue weighted by Gasteiger charge is -2.20. The highest BCUT2D eigenvalue weighted by Gasteiger charge is 2.03. The molecule has 2 rings (SSSR count). The van der Waals surface area contributed by atoms with E-state index in [0.717, 1.165) is 36.9 Å². The smallest absolute Gasteiger partial charge is 0.191 e. The van der Waals surface area contributed by atoms with E-state index in [-0.39, 0.29) is 29.8 Å². The van der Waals surface area contributed by atoms with E-state index in [4.69, 9.17) is 0 Å². The van der Waals surface area contributed by atoms with Crippen LogP contribution in [0.2, 0.25) is 0 Å². The fourth-order valence-electron chi connectivity index (χ4n) is 2.34. The molecule has 0 aliphatic carbocycles. The minimum Gasteiger partial charge on any atom is -0.374 e. The van der Waals surface area contributed by atoms with Crippen LogP contribution in [-0.4, -0.2) is 42.9 Å². The molecule has 0 spiro atoms. The van der Waals surface area contributed by atoms with Gasteiger partial charge in [-0.3, -0.25) is 9.67 Å². The quantitative estimate of drug-likeness (QED) is 0.289. The number of nitrogens with one attached hydrogen (secondary N) is 2. The second-order valence-electron chi connectivity index (χ2n) is 5.55. The number of rotatable bonds is 7. The fourth-order valence-corrected chi connectivity index (χ4v) is 2.34. The van der Waals surface area contributed by atoms with Crippen molar-refractivity contribution >= 4 is 35.6 Å². The highest BCUT2D eigenvalue weighted by molar-refractivity contribution is 14.0. The predicted octanol–water partition coefficient (Wildman–Crippen LogP) is 2.37. The maximum absolute atomic E-state index is 13.2. The molecule has 0 radical (unpaired) electrons. The van der Waals surface area contributed by atoms with Crippen LogP contribution in [0.15, 0.2) is 41.5 Å². The first-order chi connectivity index (χ1) is 11.6. The van der Waals surface area contributed by atoms with E-state index >= 15 is 0 Å². The maximum Gasteiger partial charge on any atom is 0.191 e. The van der Waals surface area contributed by atoms with Gasteiger partial charge in [-0.1, -0.05) is 6.07 Å². The minimum atomic E-state index is -0.211. The van der Waals surface area contributed by atoms with Gasteiger partial charge in [0.2, 0.25) is 0 Å². The molecule has 1 aromatic carbocycles. The highest BCUT2D eigenvalue weighted by atomic mass is 127.